The molecule has 0 radical (unpaired) electrons. The monoisotopic (exact) mass is 257 g/mol. The van der Waals surface area contributed by atoms with Crippen LogP contribution < -0.4 is 5.32 Å². The van der Waals surface area contributed by atoms with Crippen LogP contribution in [0.4, 0.5) is 0 Å². The summed E-state index contributed by atoms with van der Waals surface area (Å²) in [4.78, 5) is 2.90. The maximum absolute atomic E-state index is 3.60. The van der Waals surface area contributed by atoms with E-state index in [2.05, 4.69) is 49.5 Å². The molecule has 94 valence electrons. The number of aryl methyl sites for hydroxylation is 2. The molecule has 1 unspecified atom stereocenters. The molecule has 1 aromatic carbocycles. The number of benzene rings is 1. The second-order valence-corrected chi connectivity index (χ2v) is 6.52. The maximum Gasteiger partial charge on any atom is 0.0300 e. The topological polar surface area (TPSA) is 12.0 Å². The molecule has 2 heteroatoms. The van der Waals surface area contributed by atoms with Crippen molar-refractivity contribution >= 4 is 11.3 Å². The Labute approximate surface area is 113 Å². The molecule has 3 rings (SSSR count). The van der Waals surface area contributed by atoms with Crippen LogP contribution >= 0.6 is 11.3 Å². The Bertz CT molecular complexity index is 536. The van der Waals surface area contributed by atoms with Crippen molar-refractivity contribution in [3.8, 4) is 0 Å². The van der Waals surface area contributed by atoms with Gasteiger partial charge in [0.2, 0.25) is 0 Å². The van der Waals surface area contributed by atoms with Gasteiger partial charge in [-0.25, -0.2) is 0 Å². The van der Waals surface area contributed by atoms with E-state index in [9.17, 15) is 0 Å². The van der Waals surface area contributed by atoms with Gasteiger partial charge in [-0.3, -0.25) is 0 Å². The predicted octanol–water partition coefficient (Wildman–Crippen LogP) is 3.79. The van der Waals surface area contributed by atoms with Crippen molar-refractivity contribution in [1.82, 2.24) is 5.32 Å². The second kappa shape index (κ2) is 4.87. The first-order valence-corrected chi connectivity index (χ1v) is 7.40. The zero-order valence-corrected chi connectivity index (χ0v) is 11.8. The lowest BCUT2D eigenvalue weighted by molar-refractivity contribution is 0.537. The van der Waals surface area contributed by atoms with Gasteiger partial charge < -0.3 is 5.32 Å². The first-order chi connectivity index (χ1) is 8.74. The molecule has 0 saturated heterocycles. The minimum absolute atomic E-state index is 0.725. The van der Waals surface area contributed by atoms with E-state index in [1.807, 2.05) is 11.3 Å². The predicted molar refractivity (Wildman–Crippen MR) is 78.4 cm³/mol. The molecule has 0 fully saturated rings. The molecular weight excluding hydrogens is 238 g/mol. The Morgan fingerprint density at radius 1 is 1.28 bits per heavy atom. The van der Waals surface area contributed by atoms with Crippen LogP contribution in [0.1, 0.15) is 32.4 Å². The quantitative estimate of drug-likeness (QED) is 0.878. The fourth-order valence-electron chi connectivity index (χ4n) is 2.65. The van der Waals surface area contributed by atoms with Crippen molar-refractivity contribution in [1.29, 1.82) is 0 Å². The Morgan fingerprint density at radius 3 is 2.83 bits per heavy atom. The summed E-state index contributed by atoms with van der Waals surface area (Å²) in [5, 5.41) is 3.60. The summed E-state index contributed by atoms with van der Waals surface area (Å²) >= 11 is 1.91. The summed E-state index contributed by atoms with van der Waals surface area (Å²) in [6, 6.07) is 11.1. The van der Waals surface area contributed by atoms with E-state index in [0.717, 1.165) is 19.0 Å². The normalized spacial score (nSPS) is 17.3. The highest BCUT2D eigenvalue weighted by molar-refractivity contribution is 7.12. The van der Waals surface area contributed by atoms with Gasteiger partial charge in [-0.1, -0.05) is 24.3 Å². The van der Waals surface area contributed by atoms with Crippen molar-refractivity contribution in [2.24, 2.45) is 0 Å². The third-order valence-electron chi connectivity index (χ3n) is 3.87. The standard InChI is InChI=1S/C16H19NS/c1-11-7-15(18-12(11)2)10-17-9-14-8-13-5-3-4-6-16(13)14/h3-7,14,17H,8-10H2,1-2H3. The van der Waals surface area contributed by atoms with E-state index in [1.165, 1.54) is 27.3 Å². The molecule has 1 heterocycles. The Morgan fingerprint density at radius 2 is 2.11 bits per heavy atom. The molecule has 2 aromatic rings. The smallest absolute Gasteiger partial charge is 0.0300 e. The molecule has 18 heavy (non-hydrogen) atoms. The number of nitrogens with one attached hydrogen (secondary N) is 1. The fourth-order valence-corrected chi connectivity index (χ4v) is 3.67. The Kier molecular flexibility index (Phi) is 3.23. The number of hydrogen-bond donors (Lipinski definition) is 1. The van der Waals surface area contributed by atoms with Crippen LogP contribution in [-0.2, 0) is 13.0 Å². The minimum Gasteiger partial charge on any atom is -0.311 e. The van der Waals surface area contributed by atoms with Crippen LogP contribution in [0.3, 0.4) is 0 Å². The average molecular weight is 257 g/mol. The molecule has 1 aliphatic carbocycles. The van der Waals surface area contributed by atoms with Crippen molar-refractivity contribution in [2.75, 3.05) is 6.54 Å². The number of rotatable bonds is 4. The van der Waals surface area contributed by atoms with Gasteiger partial charge in [-0.2, -0.15) is 0 Å². The molecule has 0 aliphatic heterocycles. The summed E-state index contributed by atoms with van der Waals surface area (Å²) in [7, 11) is 0. The lowest BCUT2D eigenvalue weighted by Gasteiger charge is -2.30. The summed E-state index contributed by atoms with van der Waals surface area (Å²) in [6.45, 7) is 6.51. The molecule has 1 atom stereocenters. The van der Waals surface area contributed by atoms with Gasteiger partial charge in [0, 0.05) is 28.8 Å². The average Bonchev–Trinajstić information content (AvgIpc) is 2.65. The first-order valence-electron chi connectivity index (χ1n) is 6.58. The van der Waals surface area contributed by atoms with Crippen LogP contribution in [0.15, 0.2) is 30.3 Å². The highest BCUT2D eigenvalue weighted by Gasteiger charge is 2.24. The van der Waals surface area contributed by atoms with Crippen LogP contribution in [0.2, 0.25) is 0 Å². The van der Waals surface area contributed by atoms with Crippen LogP contribution in [0.25, 0.3) is 0 Å². The van der Waals surface area contributed by atoms with Crippen LogP contribution in [-0.4, -0.2) is 6.54 Å². The molecule has 1 N–H and O–H groups in total. The zero-order chi connectivity index (χ0) is 12.5. The summed E-state index contributed by atoms with van der Waals surface area (Å²) in [5.41, 5.74) is 4.50. The molecule has 0 bridgehead atoms. The van der Waals surface area contributed by atoms with Crippen molar-refractivity contribution in [3.63, 3.8) is 0 Å². The summed E-state index contributed by atoms with van der Waals surface area (Å²) in [5.74, 6) is 0.725. The lowest BCUT2D eigenvalue weighted by atomic mass is 9.77. The molecular formula is C16H19NS. The largest absolute Gasteiger partial charge is 0.311 e. The molecule has 0 amide bonds. The molecule has 1 nitrogen and oxygen atoms in total. The van der Waals surface area contributed by atoms with Gasteiger partial charge in [0.05, 0.1) is 0 Å². The second-order valence-electron chi connectivity index (χ2n) is 5.18. The highest BCUT2D eigenvalue weighted by Crippen LogP contribution is 2.34. The highest BCUT2D eigenvalue weighted by atomic mass is 32.1. The van der Waals surface area contributed by atoms with Gasteiger partial charge >= 0.3 is 0 Å². The Hall–Kier alpha value is -1.12. The third kappa shape index (κ3) is 2.23. The SMILES string of the molecule is Cc1cc(CNCC2Cc3ccccc32)sc1C. The van der Waals surface area contributed by atoms with E-state index in [1.54, 1.807) is 5.56 Å². The van der Waals surface area contributed by atoms with E-state index in [4.69, 9.17) is 0 Å². The van der Waals surface area contributed by atoms with Crippen LogP contribution in [0.5, 0.6) is 0 Å². The van der Waals surface area contributed by atoms with E-state index in [-0.39, 0.29) is 0 Å². The van der Waals surface area contributed by atoms with Gasteiger partial charge in [-0.15, -0.1) is 11.3 Å². The number of fused-ring (bicyclic) bond motifs is 1. The van der Waals surface area contributed by atoms with E-state index < -0.39 is 0 Å². The fraction of sp³-hybridized carbons (Fsp3) is 0.375. The number of thiophene rings is 1. The molecule has 0 spiro atoms. The van der Waals surface area contributed by atoms with Gasteiger partial charge in [-0.05, 0) is 43.0 Å². The molecule has 0 saturated carbocycles. The van der Waals surface area contributed by atoms with Crippen molar-refractivity contribution in [3.05, 3.63) is 56.8 Å². The first kappa shape index (κ1) is 11.9. The maximum atomic E-state index is 3.60. The summed E-state index contributed by atoms with van der Waals surface area (Å²) < 4.78 is 0. The third-order valence-corrected chi connectivity index (χ3v) is 5.02. The zero-order valence-electron chi connectivity index (χ0n) is 11.0. The molecule has 1 aromatic heterocycles. The van der Waals surface area contributed by atoms with Gasteiger partial charge in [0.1, 0.15) is 0 Å². The lowest BCUT2D eigenvalue weighted by Crippen LogP contribution is -2.28. The van der Waals surface area contributed by atoms with Gasteiger partial charge in [0.15, 0.2) is 0 Å². The number of hydrogen-bond acceptors (Lipinski definition) is 2. The molecule has 1 aliphatic rings. The summed E-state index contributed by atoms with van der Waals surface area (Å²) in [6.07, 6.45) is 1.24. The van der Waals surface area contributed by atoms with Crippen LogP contribution in [0, 0.1) is 13.8 Å². The van der Waals surface area contributed by atoms with Crippen molar-refractivity contribution in [2.45, 2.75) is 32.7 Å². The van der Waals surface area contributed by atoms with E-state index in [0.29, 0.717) is 0 Å². The Balaban J connectivity index is 1.52. The van der Waals surface area contributed by atoms with Crippen molar-refractivity contribution < 1.29 is 0 Å². The minimum atomic E-state index is 0.725. The van der Waals surface area contributed by atoms with Gasteiger partial charge in [0.25, 0.3) is 0 Å². The van der Waals surface area contributed by atoms with E-state index >= 15 is 0 Å².